The van der Waals surface area contributed by atoms with Gasteiger partial charge in [0.25, 0.3) is 0 Å². The molecule has 0 saturated heterocycles. The molecule has 5 nitrogen and oxygen atoms in total. The van der Waals surface area contributed by atoms with E-state index < -0.39 is 5.97 Å². The molecular weight excluding hydrogens is 268 g/mol. The number of urea groups is 1. The number of terminal acetylenes is 1. The molecule has 1 aromatic carbocycles. The maximum absolute atomic E-state index is 12.1. The van der Waals surface area contributed by atoms with E-state index in [0.29, 0.717) is 19.5 Å². The topological polar surface area (TPSA) is 69.6 Å². The van der Waals surface area contributed by atoms with Crippen LogP contribution in [0.5, 0.6) is 0 Å². The maximum atomic E-state index is 12.1. The molecule has 0 radical (unpaired) electrons. The van der Waals surface area contributed by atoms with Crippen LogP contribution in [-0.4, -0.2) is 30.2 Å². The van der Waals surface area contributed by atoms with Crippen LogP contribution in [0.4, 0.5) is 10.5 Å². The summed E-state index contributed by atoms with van der Waals surface area (Å²) in [6, 6.07) is 4.72. The first kappa shape index (κ1) is 14.9. The van der Waals surface area contributed by atoms with Crippen molar-refractivity contribution >= 4 is 17.7 Å². The van der Waals surface area contributed by atoms with Crippen LogP contribution in [0.2, 0.25) is 0 Å². The number of nitrogens with zero attached hydrogens (tertiary/aromatic N) is 1. The van der Waals surface area contributed by atoms with Crippen molar-refractivity contribution in [1.29, 1.82) is 0 Å². The number of carbonyl (C=O) groups is 2. The molecule has 0 bridgehead atoms. The van der Waals surface area contributed by atoms with Crippen molar-refractivity contribution in [2.75, 3.05) is 18.0 Å². The van der Waals surface area contributed by atoms with Gasteiger partial charge in [-0.25, -0.2) is 9.59 Å². The highest BCUT2D eigenvalue weighted by atomic mass is 16.4. The normalized spacial score (nSPS) is 12.6. The van der Waals surface area contributed by atoms with Gasteiger partial charge in [-0.15, -0.1) is 12.3 Å². The lowest BCUT2D eigenvalue weighted by Gasteiger charge is -2.18. The molecule has 110 valence electrons. The van der Waals surface area contributed by atoms with Crippen molar-refractivity contribution in [3.63, 3.8) is 0 Å². The third kappa shape index (κ3) is 3.54. The summed E-state index contributed by atoms with van der Waals surface area (Å²) in [6.45, 7) is 1.17. The first-order chi connectivity index (χ1) is 10.1. The quantitative estimate of drug-likeness (QED) is 0.644. The number of fused-ring (bicyclic) bond motifs is 1. The van der Waals surface area contributed by atoms with Gasteiger partial charge in [-0.05, 0) is 43.0 Å². The molecule has 0 unspecified atom stereocenters. The average Bonchev–Trinajstić information content (AvgIpc) is 2.89. The van der Waals surface area contributed by atoms with Crippen LogP contribution in [-0.2, 0) is 6.42 Å². The Morgan fingerprint density at radius 3 is 2.90 bits per heavy atom. The number of carboxylic acid groups (broad SMARTS) is 1. The highest BCUT2D eigenvalue weighted by Gasteiger charge is 2.25. The molecule has 21 heavy (non-hydrogen) atoms. The molecule has 2 amide bonds. The number of rotatable bonds is 5. The number of carboxylic acids is 1. The van der Waals surface area contributed by atoms with Crippen molar-refractivity contribution < 1.29 is 14.7 Å². The predicted molar refractivity (Wildman–Crippen MR) is 80.5 cm³/mol. The minimum atomic E-state index is -0.950. The predicted octanol–water partition coefficient (Wildman–Crippen LogP) is 2.26. The van der Waals surface area contributed by atoms with Crippen molar-refractivity contribution in [3.05, 3.63) is 29.3 Å². The lowest BCUT2D eigenvalue weighted by molar-refractivity contribution is 0.0697. The van der Waals surface area contributed by atoms with E-state index in [0.717, 1.165) is 30.5 Å². The van der Waals surface area contributed by atoms with Crippen molar-refractivity contribution in [2.45, 2.75) is 25.7 Å². The van der Waals surface area contributed by atoms with E-state index in [4.69, 9.17) is 11.5 Å². The fourth-order valence-corrected chi connectivity index (χ4v) is 2.39. The molecule has 1 heterocycles. The summed E-state index contributed by atoms with van der Waals surface area (Å²) < 4.78 is 0. The third-order valence-electron chi connectivity index (χ3n) is 3.49. The summed E-state index contributed by atoms with van der Waals surface area (Å²) in [5.74, 6) is 1.62. The molecule has 0 spiro atoms. The number of nitrogens with one attached hydrogen (secondary N) is 1. The minimum absolute atomic E-state index is 0.141. The molecule has 0 saturated carbocycles. The summed E-state index contributed by atoms with van der Waals surface area (Å²) in [7, 11) is 0. The van der Waals surface area contributed by atoms with Crippen LogP contribution in [0.3, 0.4) is 0 Å². The second kappa shape index (κ2) is 6.80. The Kier molecular flexibility index (Phi) is 4.83. The number of anilines is 1. The highest BCUT2D eigenvalue weighted by molar-refractivity contribution is 5.95. The van der Waals surface area contributed by atoms with E-state index in [9.17, 15) is 9.59 Å². The van der Waals surface area contributed by atoms with Gasteiger partial charge in [-0.1, -0.05) is 0 Å². The number of aromatic carboxylic acids is 1. The van der Waals surface area contributed by atoms with Crippen LogP contribution in [0.1, 0.15) is 35.2 Å². The van der Waals surface area contributed by atoms with Gasteiger partial charge in [0.2, 0.25) is 0 Å². The summed E-state index contributed by atoms with van der Waals surface area (Å²) in [4.78, 5) is 24.7. The molecular formula is C16H18N2O3. The Balaban J connectivity index is 1.94. The van der Waals surface area contributed by atoms with Crippen LogP contribution in [0.25, 0.3) is 0 Å². The van der Waals surface area contributed by atoms with Crippen LogP contribution in [0, 0.1) is 12.3 Å². The number of hydrogen-bond donors (Lipinski definition) is 2. The van der Waals surface area contributed by atoms with Crippen LogP contribution < -0.4 is 10.2 Å². The van der Waals surface area contributed by atoms with Gasteiger partial charge >= 0.3 is 12.0 Å². The van der Waals surface area contributed by atoms with E-state index in [1.165, 1.54) is 6.07 Å². The van der Waals surface area contributed by atoms with E-state index in [1.54, 1.807) is 17.0 Å². The number of benzene rings is 1. The van der Waals surface area contributed by atoms with Gasteiger partial charge in [0.1, 0.15) is 0 Å². The third-order valence-corrected chi connectivity index (χ3v) is 3.49. The molecule has 0 fully saturated rings. The van der Waals surface area contributed by atoms with Gasteiger partial charge in [0, 0.05) is 25.2 Å². The lowest BCUT2D eigenvalue weighted by atomic mass is 10.1. The average molecular weight is 286 g/mol. The first-order valence-corrected chi connectivity index (χ1v) is 6.98. The Morgan fingerprint density at radius 2 is 2.19 bits per heavy atom. The van der Waals surface area contributed by atoms with Gasteiger partial charge in [-0.2, -0.15) is 0 Å². The van der Waals surface area contributed by atoms with Gasteiger partial charge in [0.15, 0.2) is 0 Å². The van der Waals surface area contributed by atoms with Crippen LogP contribution >= 0.6 is 0 Å². The minimum Gasteiger partial charge on any atom is -0.478 e. The molecule has 2 rings (SSSR count). The first-order valence-electron chi connectivity index (χ1n) is 6.98. The largest absolute Gasteiger partial charge is 0.478 e. The van der Waals surface area contributed by atoms with E-state index in [1.807, 2.05) is 0 Å². The standard InChI is InChI=1S/C16H18N2O3/c1-2-3-4-5-9-17-16(21)18-10-8-12-11-13(15(19)20)6-7-14(12)18/h1,6-7,11H,3-5,8-10H2,(H,17,21)(H,19,20). The zero-order chi connectivity index (χ0) is 15.2. The highest BCUT2D eigenvalue weighted by Crippen LogP contribution is 2.28. The Hall–Kier alpha value is -2.48. The SMILES string of the molecule is C#CCCCCNC(=O)N1CCc2cc(C(=O)O)ccc21. The number of amides is 2. The number of carbonyl (C=O) groups excluding carboxylic acids is 1. The van der Waals surface area contributed by atoms with Gasteiger partial charge < -0.3 is 10.4 Å². The maximum Gasteiger partial charge on any atom is 0.335 e. The number of unbranched alkanes of at least 4 members (excludes halogenated alkanes) is 2. The fourth-order valence-electron chi connectivity index (χ4n) is 2.39. The molecule has 2 N–H and O–H groups in total. The van der Waals surface area contributed by atoms with E-state index in [-0.39, 0.29) is 11.6 Å². The zero-order valence-corrected chi connectivity index (χ0v) is 11.8. The fraction of sp³-hybridized carbons (Fsp3) is 0.375. The van der Waals surface area contributed by atoms with Crippen molar-refractivity contribution in [3.8, 4) is 12.3 Å². The summed E-state index contributed by atoms with van der Waals surface area (Å²) in [5, 5.41) is 11.8. The molecule has 1 aliphatic heterocycles. The number of hydrogen-bond acceptors (Lipinski definition) is 2. The second-order valence-corrected chi connectivity index (χ2v) is 4.94. The zero-order valence-electron chi connectivity index (χ0n) is 11.8. The second-order valence-electron chi connectivity index (χ2n) is 4.94. The molecule has 5 heteroatoms. The molecule has 0 aliphatic carbocycles. The van der Waals surface area contributed by atoms with Crippen LogP contribution in [0.15, 0.2) is 18.2 Å². The Morgan fingerprint density at radius 1 is 1.38 bits per heavy atom. The Labute approximate surface area is 124 Å². The summed E-state index contributed by atoms with van der Waals surface area (Å²) in [6.07, 6.45) is 8.33. The van der Waals surface area contributed by atoms with E-state index >= 15 is 0 Å². The summed E-state index contributed by atoms with van der Waals surface area (Å²) in [5.41, 5.74) is 1.95. The molecule has 0 aromatic heterocycles. The van der Waals surface area contributed by atoms with Crippen molar-refractivity contribution in [2.24, 2.45) is 0 Å². The summed E-state index contributed by atoms with van der Waals surface area (Å²) >= 11 is 0. The van der Waals surface area contributed by atoms with E-state index in [2.05, 4.69) is 11.2 Å². The monoisotopic (exact) mass is 286 g/mol. The van der Waals surface area contributed by atoms with Gasteiger partial charge in [-0.3, -0.25) is 4.90 Å². The smallest absolute Gasteiger partial charge is 0.335 e. The Bertz CT molecular complexity index is 590. The molecule has 1 aliphatic rings. The lowest BCUT2D eigenvalue weighted by Crippen LogP contribution is -2.39. The molecule has 1 aromatic rings. The van der Waals surface area contributed by atoms with Gasteiger partial charge in [0.05, 0.1) is 5.56 Å². The molecule has 0 atom stereocenters. The van der Waals surface area contributed by atoms with Crippen molar-refractivity contribution in [1.82, 2.24) is 5.32 Å².